The second kappa shape index (κ2) is 15.7. The Hall–Kier alpha value is -5.23. The topological polar surface area (TPSA) is 175 Å². The number of phenolic OH excluding ortho intramolecular Hbond substituents is 1. The molecule has 66 heavy (non-hydrogen) atoms. The number of aromatic hydroxyl groups is 1. The predicted molar refractivity (Wildman–Crippen MR) is 214 cm³/mol. The van der Waals surface area contributed by atoms with Crippen LogP contribution >= 0.6 is 11.8 Å². The van der Waals surface area contributed by atoms with Gasteiger partial charge in [-0.15, -0.1) is 11.8 Å². The molecule has 356 valence electrons. The van der Waals surface area contributed by atoms with Gasteiger partial charge in [0.25, 0.3) is 0 Å². The van der Waals surface area contributed by atoms with E-state index in [0.29, 0.717) is 34.2 Å². The molecule has 1 spiro atoms. The van der Waals surface area contributed by atoms with E-state index in [2.05, 4.69) is 10.1 Å². The van der Waals surface area contributed by atoms with Crippen LogP contribution < -0.4 is 33.7 Å². The molecule has 2 saturated heterocycles. The number of aryl methyl sites for hydroxylation is 1. The van der Waals surface area contributed by atoms with Crippen molar-refractivity contribution in [2.24, 2.45) is 0 Å². The molecule has 3 aromatic rings. The minimum Gasteiger partial charge on any atom is -0.504 e. The molecule has 1 unspecified atom stereocenters. The Labute approximate surface area is 375 Å². The fourth-order valence-corrected chi connectivity index (χ4v) is 12.2. The zero-order valence-electron chi connectivity index (χ0n) is 35.9. The first-order valence-corrected chi connectivity index (χ1v) is 21.6. The van der Waals surface area contributed by atoms with Crippen LogP contribution in [-0.2, 0) is 37.5 Å². The van der Waals surface area contributed by atoms with Crippen LogP contribution in [0.5, 0.6) is 40.2 Å². The van der Waals surface area contributed by atoms with Gasteiger partial charge in [0.2, 0.25) is 6.79 Å². The number of esters is 3. The van der Waals surface area contributed by atoms with E-state index >= 15 is 0 Å². The van der Waals surface area contributed by atoms with Crippen molar-refractivity contribution in [2.45, 2.75) is 92.8 Å². The van der Waals surface area contributed by atoms with Crippen molar-refractivity contribution in [3.63, 3.8) is 0 Å². The second-order valence-corrected chi connectivity index (χ2v) is 18.1. The van der Waals surface area contributed by atoms with Crippen molar-refractivity contribution in [3.05, 3.63) is 62.7 Å². The highest BCUT2D eigenvalue weighted by Crippen LogP contribution is 2.64. The fraction of sp³-hybridized carbons (Fsp3) is 0.512. The molecule has 0 aliphatic carbocycles. The van der Waals surface area contributed by atoms with E-state index in [-0.39, 0.29) is 65.4 Å². The first kappa shape index (κ1) is 45.9. The van der Waals surface area contributed by atoms with E-state index in [1.54, 1.807) is 13.8 Å². The van der Waals surface area contributed by atoms with Gasteiger partial charge in [0, 0.05) is 47.5 Å². The number of likely N-dealkylation sites (N-methyl/N-ethyl adjacent to an activating group) is 1. The van der Waals surface area contributed by atoms with Crippen LogP contribution in [-0.4, -0.2) is 121 Å². The fourth-order valence-electron chi connectivity index (χ4n) is 10.5. The van der Waals surface area contributed by atoms with Crippen molar-refractivity contribution < 1.29 is 88.5 Å². The number of nitrogens with zero attached hydrogens (tertiary/aromatic N) is 2. The molecule has 7 aliphatic heterocycles. The average Bonchev–Trinajstić information content (AvgIpc) is 3.75. The van der Waals surface area contributed by atoms with Gasteiger partial charge < -0.3 is 43.4 Å². The van der Waals surface area contributed by atoms with Crippen LogP contribution in [0.4, 0.5) is 30.7 Å². The second-order valence-electron chi connectivity index (χ2n) is 16.9. The molecule has 0 amide bonds. The summed E-state index contributed by atoms with van der Waals surface area (Å²) in [6, 6.07) is 0.844. The zero-order chi connectivity index (χ0) is 47.7. The van der Waals surface area contributed by atoms with Crippen LogP contribution in [0.25, 0.3) is 0 Å². The number of benzene rings is 3. The summed E-state index contributed by atoms with van der Waals surface area (Å²) in [5.74, 6) is -18.8. The summed E-state index contributed by atoms with van der Waals surface area (Å²) in [5.41, 5.74) is 1.61. The summed E-state index contributed by atoms with van der Waals surface area (Å²) in [7, 11) is 4.24. The highest BCUT2D eigenvalue weighted by molar-refractivity contribution is 7.99. The number of rotatable bonds is 6. The number of piperazine rings is 1. The van der Waals surface area contributed by atoms with E-state index in [0.717, 1.165) is 24.8 Å². The number of nitrogens with one attached hydrogen (secondary N) is 1. The molecule has 10 rings (SSSR count). The number of thioether (sulfide) groups is 1. The summed E-state index contributed by atoms with van der Waals surface area (Å²) >= 11 is 1.17. The normalized spacial score (nSPS) is 27.0. The molecule has 2 fully saturated rings. The van der Waals surface area contributed by atoms with Gasteiger partial charge >= 0.3 is 35.9 Å². The van der Waals surface area contributed by atoms with Gasteiger partial charge in [-0.1, -0.05) is 6.07 Å². The van der Waals surface area contributed by atoms with E-state index in [4.69, 9.17) is 28.4 Å². The molecule has 3 aromatic carbocycles. The predicted octanol–water partition coefficient (Wildman–Crippen LogP) is 5.45. The SMILES string of the molecule is COc1cc2c(cc1OC(=O)C(F)(F)C(F)(F)C(F)(F)F)CCN[C@]21CS[C@@H]2c3c(OC(C)=O)c(C)c4c(c3[C@H](COC1=O)N1C2[C@H]2c3c(cc(C)c(OC)c3O)C[C@@H]([C@@H]1O)N2C)OCO4. The number of aliphatic hydroxyl groups is 1. The lowest BCUT2D eigenvalue weighted by Gasteiger charge is -2.62. The Balaban J connectivity index is 1.22. The van der Waals surface area contributed by atoms with Crippen LogP contribution in [0.2, 0.25) is 0 Å². The van der Waals surface area contributed by atoms with Crippen molar-refractivity contribution in [1.82, 2.24) is 15.1 Å². The van der Waals surface area contributed by atoms with E-state index in [1.807, 2.05) is 22.9 Å². The Morgan fingerprint density at radius 2 is 1.64 bits per heavy atom. The Bertz CT molecular complexity index is 2580. The van der Waals surface area contributed by atoms with Gasteiger partial charge in [-0.05, 0) is 68.1 Å². The Morgan fingerprint density at radius 1 is 0.924 bits per heavy atom. The minimum absolute atomic E-state index is 0.000991. The number of carbonyl (C=O) groups excluding carboxylic acids is 3. The summed E-state index contributed by atoms with van der Waals surface area (Å²) in [4.78, 5) is 44.1. The average molecular weight is 958 g/mol. The van der Waals surface area contributed by atoms with Gasteiger partial charge in [-0.2, -0.15) is 30.7 Å². The number of phenols is 1. The van der Waals surface area contributed by atoms with E-state index in [9.17, 15) is 55.3 Å². The molecule has 7 aliphatic rings. The van der Waals surface area contributed by atoms with Crippen LogP contribution in [0, 0.1) is 13.8 Å². The molecular weight excluding hydrogens is 916 g/mol. The molecule has 3 N–H and O–H groups in total. The number of ether oxygens (including phenoxy) is 7. The standard InChI is InChI=1S/C43H42F7N3O12S/c1-16-9-20-10-22-37(56)53-23-13-61-38(57)40(21-12-24(59-5)25(11-19(21)7-8-51-40)65-39(58)41(44,45)42(46,47)43(48,49)50)14-66-36(30(53)29(52(22)4)26(20)31(55)32(16)60-6)28-27(23)35-34(62-15-63-35)17(2)33(28)64-18(3)54/h9,11-12,22-23,29-30,36-37,51,55-56H,7-8,10,13-15H2,1-6H3/t22-,23-,29+,30?,36+,37-,40+/m0/s1. The molecule has 7 heterocycles. The quantitative estimate of drug-likeness (QED) is 0.162. The van der Waals surface area contributed by atoms with Gasteiger partial charge in [0.05, 0.1) is 37.6 Å². The summed E-state index contributed by atoms with van der Waals surface area (Å²) in [5, 5.41) is 27.0. The minimum atomic E-state index is -6.81. The summed E-state index contributed by atoms with van der Waals surface area (Å²) in [6.07, 6.45) is -7.74. The number of hydrogen-bond acceptors (Lipinski definition) is 16. The molecule has 0 radical (unpaired) electrons. The maximum absolute atomic E-state index is 14.9. The Kier molecular flexibility index (Phi) is 10.9. The van der Waals surface area contributed by atoms with Crippen LogP contribution in [0.1, 0.15) is 68.8 Å². The molecule has 4 bridgehead atoms. The molecule has 0 aromatic heterocycles. The number of methoxy groups -OCH3 is 2. The van der Waals surface area contributed by atoms with Gasteiger partial charge in [-0.3, -0.25) is 19.9 Å². The summed E-state index contributed by atoms with van der Waals surface area (Å²) in [6.45, 7) is 4.00. The lowest BCUT2D eigenvalue weighted by molar-refractivity contribution is -0.346. The maximum atomic E-state index is 14.9. The van der Waals surface area contributed by atoms with Crippen molar-refractivity contribution in [1.29, 1.82) is 0 Å². The number of fused-ring (bicyclic) bond motifs is 9. The van der Waals surface area contributed by atoms with Crippen LogP contribution in [0.15, 0.2) is 18.2 Å². The molecule has 15 nitrogen and oxygen atoms in total. The Morgan fingerprint density at radius 3 is 2.30 bits per heavy atom. The number of halogens is 7. The molecule has 23 heteroatoms. The van der Waals surface area contributed by atoms with Crippen molar-refractivity contribution >= 4 is 29.7 Å². The van der Waals surface area contributed by atoms with E-state index < -0.39 is 95.2 Å². The maximum Gasteiger partial charge on any atom is 0.460 e. The number of carbonyl (C=O) groups is 3. The smallest absolute Gasteiger partial charge is 0.460 e. The third-order valence-corrected chi connectivity index (χ3v) is 14.9. The lowest BCUT2D eigenvalue weighted by atomic mass is 9.73. The van der Waals surface area contributed by atoms with Crippen molar-refractivity contribution in [2.75, 3.05) is 47.0 Å². The molecular formula is C43H42F7N3O12S. The number of alkyl halides is 7. The number of aliphatic hydroxyl groups excluding tert-OH is 1. The largest absolute Gasteiger partial charge is 0.504 e. The highest BCUT2D eigenvalue weighted by atomic mass is 32.2. The van der Waals surface area contributed by atoms with Gasteiger partial charge in [0.1, 0.15) is 18.6 Å². The van der Waals surface area contributed by atoms with Crippen molar-refractivity contribution in [3.8, 4) is 40.2 Å². The van der Waals surface area contributed by atoms with Crippen LogP contribution in [0.3, 0.4) is 0 Å². The van der Waals surface area contributed by atoms with Gasteiger partial charge in [0.15, 0.2) is 40.0 Å². The third-order valence-electron chi connectivity index (χ3n) is 13.5. The number of hydrogen-bond donors (Lipinski definition) is 3. The zero-order valence-corrected chi connectivity index (χ0v) is 36.7. The monoisotopic (exact) mass is 957 g/mol. The first-order valence-electron chi connectivity index (χ1n) is 20.5. The summed E-state index contributed by atoms with van der Waals surface area (Å²) < 4.78 is 135. The highest BCUT2D eigenvalue weighted by Gasteiger charge is 2.77. The third kappa shape index (κ3) is 6.42. The molecule has 7 atom stereocenters. The van der Waals surface area contributed by atoms with Gasteiger partial charge in [-0.25, -0.2) is 9.59 Å². The first-order chi connectivity index (χ1) is 31.0. The van der Waals surface area contributed by atoms with E-state index in [1.165, 1.54) is 25.8 Å². The lowest BCUT2D eigenvalue weighted by Crippen LogP contribution is -2.70. The molecule has 0 saturated carbocycles.